The summed E-state index contributed by atoms with van der Waals surface area (Å²) in [4.78, 5) is 62.1. The van der Waals surface area contributed by atoms with Gasteiger partial charge in [0.25, 0.3) is 0 Å². The molecule has 0 bridgehead atoms. The Hall–Kier alpha value is -4.25. The number of amides is 4. The highest BCUT2D eigenvalue weighted by Gasteiger charge is 2.28. The first-order chi connectivity index (χ1) is 18.6. The van der Waals surface area contributed by atoms with E-state index < -0.39 is 54.3 Å². The molecule has 2 aromatic carbocycles. The van der Waals surface area contributed by atoms with Gasteiger partial charge in [-0.05, 0) is 23.5 Å². The molecule has 0 aliphatic rings. The van der Waals surface area contributed by atoms with Crippen molar-refractivity contribution in [2.75, 3.05) is 13.1 Å². The van der Waals surface area contributed by atoms with E-state index in [-0.39, 0.29) is 31.7 Å². The first kappa shape index (κ1) is 31.0. The number of rotatable bonds is 15. The molecule has 11 heteroatoms. The fraction of sp³-hybridized carbons (Fsp3) is 0.393. The van der Waals surface area contributed by atoms with Gasteiger partial charge in [-0.1, -0.05) is 74.5 Å². The van der Waals surface area contributed by atoms with Crippen LogP contribution in [0, 0.1) is 5.92 Å². The molecule has 0 saturated heterocycles. The van der Waals surface area contributed by atoms with Gasteiger partial charge in [0.1, 0.15) is 18.1 Å². The number of carbonyl (C=O) groups excluding carboxylic acids is 4. The van der Waals surface area contributed by atoms with Crippen LogP contribution in [0.2, 0.25) is 0 Å². The Morgan fingerprint density at radius 2 is 1.23 bits per heavy atom. The number of aliphatic carboxylic acids is 1. The first-order valence-electron chi connectivity index (χ1n) is 12.8. The van der Waals surface area contributed by atoms with Crippen molar-refractivity contribution in [2.45, 2.75) is 51.2 Å². The maximum Gasteiger partial charge on any atom is 0.326 e. The lowest BCUT2D eigenvalue weighted by Crippen LogP contribution is -2.56. The lowest BCUT2D eigenvalue weighted by molar-refractivity contribution is -0.141. The normalized spacial score (nSPS) is 13.0. The minimum atomic E-state index is -1.20. The molecule has 7 N–H and O–H groups in total. The summed E-state index contributed by atoms with van der Waals surface area (Å²) in [6.45, 7) is 2.97. The fourth-order valence-electron chi connectivity index (χ4n) is 3.87. The zero-order chi connectivity index (χ0) is 28.8. The van der Waals surface area contributed by atoms with Gasteiger partial charge in [0.2, 0.25) is 23.6 Å². The Kier molecular flexibility index (Phi) is 12.6. The van der Waals surface area contributed by atoms with E-state index in [1.54, 1.807) is 30.3 Å². The summed E-state index contributed by atoms with van der Waals surface area (Å²) in [5, 5.41) is 19.7. The lowest BCUT2D eigenvalue weighted by atomic mass is 10.0. The van der Waals surface area contributed by atoms with Crippen molar-refractivity contribution in [3.05, 3.63) is 71.8 Å². The van der Waals surface area contributed by atoms with Crippen LogP contribution in [0.5, 0.6) is 0 Å². The number of hydrogen-bond acceptors (Lipinski definition) is 6. The zero-order valence-corrected chi connectivity index (χ0v) is 22.2. The van der Waals surface area contributed by atoms with E-state index in [1.165, 1.54) is 0 Å². The van der Waals surface area contributed by atoms with E-state index in [0.717, 1.165) is 11.1 Å². The molecular weight excluding hydrogens is 502 g/mol. The molecule has 11 nitrogen and oxygen atoms in total. The van der Waals surface area contributed by atoms with Gasteiger partial charge in [-0.3, -0.25) is 19.2 Å². The van der Waals surface area contributed by atoms with Crippen LogP contribution < -0.4 is 27.0 Å². The van der Waals surface area contributed by atoms with Crippen molar-refractivity contribution >= 4 is 29.6 Å². The summed E-state index contributed by atoms with van der Waals surface area (Å²) in [6, 6.07) is 14.8. The number of nitrogens with two attached hydrogens (primary N) is 1. The number of nitrogens with one attached hydrogen (secondary N) is 4. The van der Waals surface area contributed by atoms with Crippen LogP contribution in [0.1, 0.15) is 31.4 Å². The Balaban J connectivity index is 2.02. The van der Waals surface area contributed by atoms with Crippen LogP contribution in [0.4, 0.5) is 0 Å². The minimum absolute atomic E-state index is 0.0170. The van der Waals surface area contributed by atoms with Crippen LogP contribution in [0.15, 0.2) is 60.7 Å². The second kappa shape index (κ2) is 15.9. The molecule has 2 rings (SSSR count). The molecule has 0 radical (unpaired) electrons. The highest BCUT2D eigenvalue weighted by Crippen LogP contribution is 2.08. The van der Waals surface area contributed by atoms with E-state index in [2.05, 4.69) is 21.3 Å². The lowest BCUT2D eigenvalue weighted by Gasteiger charge is -2.24. The molecule has 3 atom stereocenters. The van der Waals surface area contributed by atoms with Crippen molar-refractivity contribution < 1.29 is 29.1 Å². The van der Waals surface area contributed by atoms with Gasteiger partial charge in [-0.2, -0.15) is 0 Å². The largest absolute Gasteiger partial charge is 0.480 e. The molecular formula is C28H37N5O6. The molecule has 0 aliphatic heterocycles. The quantitative estimate of drug-likeness (QED) is 0.186. The molecule has 0 spiro atoms. The number of benzene rings is 2. The van der Waals surface area contributed by atoms with Gasteiger partial charge in [-0.25, -0.2) is 4.79 Å². The minimum Gasteiger partial charge on any atom is -0.480 e. The summed E-state index contributed by atoms with van der Waals surface area (Å²) < 4.78 is 0. The van der Waals surface area contributed by atoms with Crippen LogP contribution in [-0.4, -0.2) is 65.9 Å². The van der Waals surface area contributed by atoms with Crippen molar-refractivity contribution in [1.29, 1.82) is 0 Å². The molecule has 0 aliphatic carbocycles. The van der Waals surface area contributed by atoms with E-state index in [1.807, 2.05) is 44.2 Å². The Morgan fingerprint density at radius 3 is 1.72 bits per heavy atom. The predicted octanol–water partition coefficient (Wildman–Crippen LogP) is 0.132. The molecule has 210 valence electrons. The van der Waals surface area contributed by atoms with Gasteiger partial charge in [0.15, 0.2) is 0 Å². The highest BCUT2D eigenvalue weighted by atomic mass is 16.4. The smallest absolute Gasteiger partial charge is 0.326 e. The topological polar surface area (TPSA) is 180 Å². The summed E-state index contributed by atoms with van der Waals surface area (Å²) in [5.41, 5.74) is 6.95. The van der Waals surface area contributed by atoms with Crippen molar-refractivity contribution in [1.82, 2.24) is 21.3 Å². The Morgan fingerprint density at radius 1 is 0.718 bits per heavy atom. The highest BCUT2D eigenvalue weighted by molar-refractivity contribution is 5.94. The van der Waals surface area contributed by atoms with Gasteiger partial charge in [0.05, 0.1) is 13.1 Å². The standard InChI is InChI=1S/C28H37N5O6/c1-18(2)13-21(33-27(37)22(31-24(34)16-29)14-19-9-5-3-6-10-19)26(36)30-17-25(35)32-23(28(38)39)15-20-11-7-4-8-12-20/h3-12,18,21-23H,13-17,29H2,1-2H3,(H,30,36)(H,31,34)(H,32,35)(H,33,37)(H,38,39). The molecule has 4 amide bonds. The summed E-state index contributed by atoms with van der Waals surface area (Å²) in [6.07, 6.45) is 0.544. The number of carboxylic acids is 1. The van der Waals surface area contributed by atoms with E-state index >= 15 is 0 Å². The molecule has 0 saturated carbocycles. The fourth-order valence-corrected chi connectivity index (χ4v) is 3.87. The number of carbonyl (C=O) groups is 5. The SMILES string of the molecule is CC(C)CC(NC(=O)C(Cc1ccccc1)NC(=O)CN)C(=O)NCC(=O)NC(Cc1ccccc1)C(=O)O. The maximum absolute atomic E-state index is 13.1. The second-order valence-electron chi connectivity index (χ2n) is 9.57. The van der Waals surface area contributed by atoms with E-state index in [0.29, 0.717) is 0 Å². The van der Waals surface area contributed by atoms with Crippen LogP contribution in [0.3, 0.4) is 0 Å². The molecule has 39 heavy (non-hydrogen) atoms. The monoisotopic (exact) mass is 539 g/mol. The molecule has 3 unspecified atom stereocenters. The average Bonchev–Trinajstić information content (AvgIpc) is 2.91. The summed E-state index contributed by atoms with van der Waals surface area (Å²) in [7, 11) is 0. The summed E-state index contributed by atoms with van der Waals surface area (Å²) in [5.74, 6) is -3.56. The third-order valence-electron chi connectivity index (χ3n) is 5.80. The third-order valence-corrected chi connectivity index (χ3v) is 5.80. The Bertz CT molecular complexity index is 1110. The zero-order valence-electron chi connectivity index (χ0n) is 22.2. The van der Waals surface area contributed by atoms with Crippen LogP contribution >= 0.6 is 0 Å². The predicted molar refractivity (Wildman–Crippen MR) is 145 cm³/mol. The van der Waals surface area contributed by atoms with E-state index in [9.17, 15) is 29.1 Å². The van der Waals surface area contributed by atoms with Gasteiger partial charge >= 0.3 is 5.97 Å². The first-order valence-corrected chi connectivity index (χ1v) is 12.8. The second-order valence-corrected chi connectivity index (χ2v) is 9.57. The maximum atomic E-state index is 13.1. The molecule has 0 heterocycles. The van der Waals surface area contributed by atoms with Gasteiger partial charge in [0, 0.05) is 12.8 Å². The van der Waals surface area contributed by atoms with Crippen molar-refractivity contribution in [3.8, 4) is 0 Å². The van der Waals surface area contributed by atoms with Crippen LogP contribution in [0.25, 0.3) is 0 Å². The average molecular weight is 540 g/mol. The number of carboxylic acid groups (broad SMARTS) is 1. The third kappa shape index (κ3) is 11.3. The van der Waals surface area contributed by atoms with Crippen molar-refractivity contribution in [2.24, 2.45) is 11.7 Å². The van der Waals surface area contributed by atoms with Crippen molar-refractivity contribution in [3.63, 3.8) is 0 Å². The van der Waals surface area contributed by atoms with E-state index in [4.69, 9.17) is 5.73 Å². The van der Waals surface area contributed by atoms with Crippen LogP contribution in [-0.2, 0) is 36.8 Å². The number of hydrogen-bond donors (Lipinski definition) is 6. The molecule has 0 aromatic heterocycles. The van der Waals surface area contributed by atoms with Gasteiger partial charge in [-0.15, -0.1) is 0 Å². The summed E-state index contributed by atoms with van der Waals surface area (Å²) >= 11 is 0. The molecule has 0 fully saturated rings. The Labute approximate surface area is 227 Å². The van der Waals surface area contributed by atoms with Gasteiger partial charge < -0.3 is 32.1 Å². The molecule has 2 aromatic rings.